The van der Waals surface area contributed by atoms with Gasteiger partial charge >= 0.3 is 0 Å². The van der Waals surface area contributed by atoms with E-state index in [-0.39, 0.29) is 23.6 Å². The van der Waals surface area contributed by atoms with Crippen molar-refractivity contribution in [2.24, 2.45) is 5.92 Å². The first-order valence-electron chi connectivity index (χ1n) is 13.0. The molecule has 4 amide bonds. The summed E-state index contributed by atoms with van der Waals surface area (Å²) in [5.74, 6) is -2.01. The Kier molecular flexibility index (Phi) is 5.75. The number of hydrogen-bond acceptors (Lipinski definition) is 4. The smallest absolute Gasteiger partial charge is 0.265 e. The number of benzene rings is 2. The second kappa shape index (κ2) is 9.11. The van der Waals surface area contributed by atoms with Gasteiger partial charge in [-0.1, -0.05) is 37.3 Å². The molecule has 6 heteroatoms. The first-order chi connectivity index (χ1) is 18.0. The van der Waals surface area contributed by atoms with Gasteiger partial charge < -0.3 is 0 Å². The van der Waals surface area contributed by atoms with Crippen molar-refractivity contribution in [2.75, 3.05) is 9.80 Å². The molecule has 2 bridgehead atoms. The minimum absolute atomic E-state index is 0.217. The van der Waals surface area contributed by atoms with Crippen LogP contribution in [0.5, 0.6) is 0 Å². The first-order valence-corrected chi connectivity index (χ1v) is 13.0. The fourth-order valence-electron chi connectivity index (χ4n) is 6.13. The number of amides is 4. The Morgan fingerprint density at radius 1 is 0.757 bits per heavy atom. The van der Waals surface area contributed by atoms with Gasteiger partial charge in [0, 0.05) is 11.1 Å². The fourth-order valence-corrected chi connectivity index (χ4v) is 6.13. The third-order valence-electron chi connectivity index (χ3n) is 8.03. The Morgan fingerprint density at radius 3 is 2.19 bits per heavy atom. The van der Waals surface area contributed by atoms with Crippen molar-refractivity contribution in [2.45, 2.75) is 50.9 Å². The Balaban J connectivity index is 1.35. The highest BCUT2D eigenvalue weighted by atomic mass is 16.2. The van der Waals surface area contributed by atoms with Crippen LogP contribution in [0.15, 0.2) is 78.4 Å². The van der Waals surface area contributed by atoms with Crippen LogP contribution in [0, 0.1) is 5.92 Å². The van der Waals surface area contributed by atoms with Gasteiger partial charge in [0.15, 0.2) is 0 Å². The lowest BCUT2D eigenvalue weighted by Gasteiger charge is -2.36. The summed E-state index contributed by atoms with van der Waals surface area (Å²) in [4.78, 5) is 56.2. The molecule has 2 aliphatic heterocycles. The van der Waals surface area contributed by atoms with E-state index in [4.69, 9.17) is 0 Å². The van der Waals surface area contributed by atoms with E-state index in [0.29, 0.717) is 34.5 Å². The van der Waals surface area contributed by atoms with Gasteiger partial charge in [-0.15, -0.1) is 0 Å². The predicted octanol–water partition coefficient (Wildman–Crippen LogP) is 5.40. The average Bonchev–Trinajstić information content (AvgIpc) is 2.90. The van der Waals surface area contributed by atoms with Crippen LogP contribution in [0.2, 0.25) is 0 Å². The molecule has 186 valence electrons. The Labute approximate surface area is 215 Å². The maximum absolute atomic E-state index is 13.5. The van der Waals surface area contributed by atoms with Gasteiger partial charge in [0.1, 0.15) is 0 Å². The van der Waals surface area contributed by atoms with E-state index in [1.807, 2.05) is 24.3 Å². The van der Waals surface area contributed by atoms with Crippen LogP contribution in [0.4, 0.5) is 11.4 Å². The van der Waals surface area contributed by atoms with Crippen LogP contribution < -0.4 is 9.80 Å². The number of allylic oxidation sites excluding steroid dienone is 3. The van der Waals surface area contributed by atoms with E-state index in [9.17, 15) is 19.2 Å². The van der Waals surface area contributed by atoms with Gasteiger partial charge in [-0.05, 0) is 91.6 Å². The monoisotopic (exact) mass is 492 g/mol. The van der Waals surface area contributed by atoms with Gasteiger partial charge in [-0.25, -0.2) is 9.80 Å². The molecule has 0 aromatic heterocycles. The maximum atomic E-state index is 13.5. The molecule has 4 aliphatic rings. The summed E-state index contributed by atoms with van der Waals surface area (Å²) in [7, 11) is 0. The number of hydrogen-bond donors (Lipinski definition) is 0. The number of imide groups is 2. The van der Waals surface area contributed by atoms with Gasteiger partial charge in [0.2, 0.25) is 11.8 Å². The molecule has 2 atom stereocenters. The summed E-state index contributed by atoms with van der Waals surface area (Å²) in [5.41, 5.74) is 4.42. The molecule has 1 saturated heterocycles. The molecule has 0 radical (unpaired) electrons. The van der Waals surface area contributed by atoms with Crippen molar-refractivity contribution >= 4 is 35.0 Å². The number of anilines is 2. The number of carbonyl (C=O) groups is 4. The van der Waals surface area contributed by atoms with Gasteiger partial charge in [0.05, 0.1) is 23.2 Å². The van der Waals surface area contributed by atoms with Crippen LogP contribution in [-0.2, 0) is 20.8 Å². The second-order valence-corrected chi connectivity index (χ2v) is 10.2. The molecule has 6 rings (SSSR count). The highest BCUT2D eigenvalue weighted by Crippen LogP contribution is 2.41. The minimum Gasteiger partial charge on any atom is -0.273 e. The lowest BCUT2D eigenvalue weighted by molar-refractivity contribution is -0.128. The second-order valence-electron chi connectivity index (χ2n) is 10.2. The normalized spacial score (nSPS) is 25.9. The van der Waals surface area contributed by atoms with Crippen LogP contribution in [-0.4, -0.2) is 23.6 Å². The number of carbonyl (C=O) groups excluding carboxylic acids is 4. The average molecular weight is 493 g/mol. The highest BCUT2D eigenvalue weighted by Gasteiger charge is 2.43. The SMILES string of the molecule is C=C1/C2=C\C=C/CCCCC1C(=O)N(c1ccc(N3C(=O)c4cccc5c4C(CCC5)C3=O)cc1)C2=O. The number of fused-ring (bicyclic) bond motifs is 2. The molecule has 0 spiro atoms. The number of piperidine rings is 1. The van der Waals surface area contributed by atoms with E-state index >= 15 is 0 Å². The molecule has 37 heavy (non-hydrogen) atoms. The third kappa shape index (κ3) is 3.70. The summed E-state index contributed by atoms with van der Waals surface area (Å²) in [5, 5.41) is 0. The van der Waals surface area contributed by atoms with Crippen molar-refractivity contribution in [1.29, 1.82) is 0 Å². The molecule has 1 fully saturated rings. The fraction of sp³-hybridized carbons (Fsp3) is 0.290. The lowest BCUT2D eigenvalue weighted by Crippen LogP contribution is -2.48. The van der Waals surface area contributed by atoms with Crippen LogP contribution in [0.25, 0.3) is 0 Å². The summed E-state index contributed by atoms with van der Waals surface area (Å²) in [6, 6.07) is 12.3. The molecular formula is C31H28N2O4. The van der Waals surface area contributed by atoms with Gasteiger partial charge in [0.25, 0.3) is 11.8 Å². The number of aryl methyl sites for hydroxylation is 1. The molecular weight excluding hydrogens is 464 g/mol. The summed E-state index contributed by atoms with van der Waals surface area (Å²) >= 11 is 0. The summed E-state index contributed by atoms with van der Waals surface area (Å²) in [6.07, 6.45) is 11.6. The Morgan fingerprint density at radius 2 is 1.43 bits per heavy atom. The van der Waals surface area contributed by atoms with Crippen LogP contribution in [0.1, 0.15) is 65.9 Å². The van der Waals surface area contributed by atoms with E-state index in [1.165, 1.54) is 9.80 Å². The van der Waals surface area contributed by atoms with Crippen molar-refractivity contribution in [3.8, 4) is 0 Å². The largest absolute Gasteiger partial charge is 0.273 e. The van der Waals surface area contributed by atoms with E-state index in [0.717, 1.165) is 49.7 Å². The quantitative estimate of drug-likeness (QED) is 0.527. The lowest BCUT2D eigenvalue weighted by atomic mass is 9.77. The van der Waals surface area contributed by atoms with Crippen molar-refractivity contribution < 1.29 is 19.2 Å². The van der Waals surface area contributed by atoms with Gasteiger partial charge in [-0.3, -0.25) is 19.2 Å². The van der Waals surface area contributed by atoms with Crippen LogP contribution in [0.3, 0.4) is 0 Å². The molecule has 6 nitrogen and oxygen atoms in total. The topological polar surface area (TPSA) is 74.8 Å². The minimum atomic E-state index is -0.447. The van der Waals surface area contributed by atoms with E-state index < -0.39 is 11.8 Å². The molecule has 0 saturated carbocycles. The molecule has 2 aliphatic carbocycles. The third-order valence-corrected chi connectivity index (χ3v) is 8.03. The zero-order chi connectivity index (χ0) is 25.7. The zero-order valence-corrected chi connectivity index (χ0v) is 20.6. The van der Waals surface area contributed by atoms with E-state index in [2.05, 4.69) is 6.58 Å². The number of nitrogens with zero attached hydrogens (tertiary/aromatic N) is 2. The maximum Gasteiger partial charge on any atom is 0.265 e. The molecule has 2 unspecified atom stereocenters. The Bertz CT molecular complexity index is 1420. The van der Waals surface area contributed by atoms with E-state index in [1.54, 1.807) is 36.4 Å². The summed E-state index contributed by atoms with van der Waals surface area (Å²) < 4.78 is 0. The molecule has 0 N–H and O–H groups in total. The predicted molar refractivity (Wildman–Crippen MR) is 141 cm³/mol. The molecule has 2 aromatic carbocycles. The Hall–Kier alpha value is -4.06. The zero-order valence-electron chi connectivity index (χ0n) is 20.6. The van der Waals surface area contributed by atoms with Crippen molar-refractivity contribution in [1.82, 2.24) is 0 Å². The summed E-state index contributed by atoms with van der Waals surface area (Å²) in [6.45, 7) is 4.09. The molecule has 2 aromatic rings. The van der Waals surface area contributed by atoms with Crippen LogP contribution >= 0.6 is 0 Å². The number of rotatable bonds is 2. The van der Waals surface area contributed by atoms with Gasteiger partial charge in [-0.2, -0.15) is 0 Å². The van der Waals surface area contributed by atoms with Crippen molar-refractivity contribution in [3.05, 3.63) is 95.1 Å². The first kappa shape index (κ1) is 23.3. The van der Waals surface area contributed by atoms with Crippen molar-refractivity contribution in [3.63, 3.8) is 0 Å². The standard InChI is InChI=1S/C31H28N2O4/c1-19-23-11-5-3-2-4-6-12-24(19)29(35)32(28(23)34)21-15-17-22(18-16-21)33-30(36)25-13-7-9-20-10-8-14-26(27(20)25)31(33)37/h3,5,7,9,11,13,15-18,24,26H,1-2,4,6,8,10,12,14H2/b5-3-,23-11+. The highest BCUT2D eigenvalue weighted by molar-refractivity contribution is 6.28. The molecule has 2 heterocycles.